The second-order valence-corrected chi connectivity index (χ2v) is 5.14. The molecule has 0 aliphatic heterocycles. The third-order valence-electron chi connectivity index (χ3n) is 3.60. The number of rotatable bonds is 6. The molecule has 0 spiro atoms. The van der Waals surface area contributed by atoms with Crippen molar-refractivity contribution in [2.45, 2.75) is 38.2 Å². The first-order chi connectivity index (χ1) is 7.75. The van der Waals surface area contributed by atoms with Crippen molar-refractivity contribution in [2.75, 3.05) is 19.6 Å². The standard InChI is InChI=1S/C12H22N2O2/c15-11-3-1-2-10(11)7-14-12(16)8-13-6-9-4-5-9/h9-11,13,15H,1-8H2,(H,14,16). The van der Waals surface area contributed by atoms with Gasteiger partial charge < -0.3 is 15.7 Å². The lowest BCUT2D eigenvalue weighted by molar-refractivity contribution is -0.120. The number of nitrogens with one attached hydrogen (secondary N) is 2. The number of hydrogen-bond acceptors (Lipinski definition) is 3. The van der Waals surface area contributed by atoms with Gasteiger partial charge in [-0.05, 0) is 38.1 Å². The van der Waals surface area contributed by atoms with Crippen LogP contribution in [0.15, 0.2) is 0 Å². The van der Waals surface area contributed by atoms with Crippen LogP contribution < -0.4 is 10.6 Å². The zero-order valence-corrected chi connectivity index (χ0v) is 9.74. The summed E-state index contributed by atoms with van der Waals surface area (Å²) in [6.45, 7) is 2.02. The van der Waals surface area contributed by atoms with Gasteiger partial charge in [0.25, 0.3) is 0 Å². The van der Waals surface area contributed by atoms with E-state index in [1.165, 1.54) is 12.8 Å². The minimum absolute atomic E-state index is 0.0553. The van der Waals surface area contributed by atoms with E-state index in [1.54, 1.807) is 0 Å². The van der Waals surface area contributed by atoms with Gasteiger partial charge in [0.05, 0.1) is 12.6 Å². The lowest BCUT2D eigenvalue weighted by Gasteiger charge is -2.15. The smallest absolute Gasteiger partial charge is 0.233 e. The molecule has 0 aromatic heterocycles. The Bertz CT molecular complexity index is 241. The van der Waals surface area contributed by atoms with Gasteiger partial charge >= 0.3 is 0 Å². The van der Waals surface area contributed by atoms with Crippen LogP contribution >= 0.6 is 0 Å². The van der Waals surface area contributed by atoms with E-state index in [2.05, 4.69) is 10.6 Å². The second kappa shape index (κ2) is 5.64. The van der Waals surface area contributed by atoms with Crippen molar-refractivity contribution >= 4 is 5.91 Å². The van der Waals surface area contributed by atoms with Crippen LogP contribution in [-0.4, -0.2) is 36.8 Å². The molecule has 0 aromatic carbocycles. The van der Waals surface area contributed by atoms with E-state index in [0.717, 1.165) is 31.7 Å². The molecule has 4 nitrogen and oxygen atoms in total. The molecule has 2 rings (SSSR count). The number of amides is 1. The molecule has 1 amide bonds. The van der Waals surface area contributed by atoms with Crippen molar-refractivity contribution in [3.8, 4) is 0 Å². The van der Waals surface area contributed by atoms with Crippen LogP contribution in [0.4, 0.5) is 0 Å². The number of carbonyl (C=O) groups excluding carboxylic acids is 1. The third kappa shape index (κ3) is 3.76. The monoisotopic (exact) mass is 226 g/mol. The molecule has 0 heterocycles. The summed E-state index contributed by atoms with van der Waals surface area (Å²) < 4.78 is 0. The van der Waals surface area contributed by atoms with E-state index in [0.29, 0.717) is 13.1 Å². The first kappa shape index (κ1) is 11.9. The van der Waals surface area contributed by atoms with Gasteiger partial charge in [-0.1, -0.05) is 6.42 Å². The van der Waals surface area contributed by atoms with Gasteiger partial charge in [-0.25, -0.2) is 0 Å². The lowest BCUT2D eigenvalue weighted by Crippen LogP contribution is -2.38. The Kier molecular flexibility index (Phi) is 4.18. The van der Waals surface area contributed by atoms with Crippen LogP contribution in [0.25, 0.3) is 0 Å². The van der Waals surface area contributed by atoms with Crippen molar-refractivity contribution in [1.82, 2.24) is 10.6 Å². The Morgan fingerprint density at radius 2 is 2.00 bits per heavy atom. The van der Waals surface area contributed by atoms with Crippen LogP contribution in [0.3, 0.4) is 0 Å². The molecule has 0 radical (unpaired) electrons. The van der Waals surface area contributed by atoms with E-state index in [1.807, 2.05) is 0 Å². The van der Waals surface area contributed by atoms with Crippen LogP contribution in [0.5, 0.6) is 0 Å². The first-order valence-electron chi connectivity index (χ1n) is 6.41. The zero-order valence-electron chi connectivity index (χ0n) is 9.74. The minimum atomic E-state index is -0.209. The van der Waals surface area contributed by atoms with Crippen molar-refractivity contribution < 1.29 is 9.90 Å². The van der Waals surface area contributed by atoms with Crippen LogP contribution in [-0.2, 0) is 4.79 Å². The predicted molar refractivity (Wildman–Crippen MR) is 62.0 cm³/mol. The topological polar surface area (TPSA) is 61.4 Å². The molecule has 16 heavy (non-hydrogen) atoms. The molecule has 3 N–H and O–H groups in total. The van der Waals surface area contributed by atoms with Gasteiger partial charge in [0.15, 0.2) is 0 Å². The summed E-state index contributed by atoms with van der Waals surface area (Å²) in [7, 11) is 0. The van der Waals surface area contributed by atoms with Crippen molar-refractivity contribution in [1.29, 1.82) is 0 Å². The Hall–Kier alpha value is -0.610. The molecule has 2 fully saturated rings. The Balaban J connectivity index is 1.52. The largest absolute Gasteiger partial charge is 0.393 e. The maximum atomic E-state index is 11.5. The average molecular weight is 226 g/mol. The van der Waals surface area contributed by atoms with Crippen LogP contribution in [0.1, 0.15) is 32.1 Å². The maximum absolute atomic E-state index is 11.5. The predicted octanol–water partition coefficient (Wildman–Crippen LogP) is 0.263. The van der Waals surface area contributed by atoms with E-state index in [-0.39, 0.29) is 17.9 Å². The molecule has 0 saturated heterocycles. The summed E-state index contributed by atoms with van der Waals surface area (Å²) in [5.74, 6) is 1.14. The van der Waals surface area contributed by atoms with Gasteiger partial charge in [-0.3, -0.25) is 4.79 Å². The summed E-state index contributed by atoms with van der Waals surface area (Å²) in [5, 5.41) is 15.6. The highest BCUT2D eigenvalue weighted by Gasteiger charge is 2.25. The van der Waals surface area contributed by atoms with E-state index in [9.17, 15) is 9.90 Å². The highest BCUT2D eigenvalue weighted by Crippen LogP contribution is 2.27. The summed E-state index contributed by atoms with van der Waals surface area (Å²) >= 11 is 0. The molecular weight excluding hydrogens is 204 g/mol. The molecule has 4 heteroatoms. The SMILES string of the molecule is O=C(CNCC1CC1)NCC1CCCC1O. The zero-order chi connectivity index (χ0) is 11.4. The van der Waals surface area contributed by atoms with E-state index in [4.69, 9.17) is 0 Å². The minimum Gasteiger partial charge on any atom is -0.393 e. The molecule has 2 saturated carbocycles. The van der Waals surface area contributed by atoms with Gasteiger partial charge in [0.1, 0.15) is 0 Å². The normalized spacial score (nSPS) is 29.3. The first-order valence-corrected chi connectivity index (χ1v) is 6.41. The van der Waals surface area contributed by atoms with Gasteiger partial charge in [-0.2, -0.15) is 0 Å². The Morgan fingerprint density at radius 1 is 1.19 bits per heavy atom. The van der Waals surface area contributed by atoms with E-state index < -0.39 is 0 Å². The summed E-state index contributed by atoms with van der Waals surface area (Å²) in [6.07, 6.45) is 5.42. The highest BCUT2D eigenvalue weighted by atomic mass is 16.3. The van der Waals surface area contributed by atoms with Crippen LogP contribution in [0, 0.1) is 11.8 Å². The highest BCUT2D eigenvalue weighted by molar-refractivity contribution is 5.77. The fraction of sp³-hybridized carbons (Fsp3) is 0.917. The molecule has 2 unspecified atom stereocenters. The van der Waals surface area contributed by atoms with Gasteiger partial charge in [-0.15, -0.1) is 0 Å². The van der Waals surface area contributed by atoms with Crippen LogP contribution in [0.2, 0.25) is 0 Å². The van der Waals surface area contributed by atoms with Crippen molar-refractivity contribution in [3.05, 3.63) is 0 Å². The molecule has 92 valence electrons. The number of hydrogen-bond donors (Lipinski definition) is 3. The molecule has 2 aliphatic carbocycles. The maximum Gasteiger partial charge on any atom is 0.233 e. The van der Waals surface area contributed by atoms with Gasteiger partial charge in [0.2, 0.25) is 5.91 Å². The Labute approximate surface area is 96.8 Å². The summed E-state index contributed by atoms with van der Waals surface area (Å²) in [4.78, 5) is 11.5. The van der Waals surface area contributed by atoms with Crippen molar-refractivity contribution in [3.63, 3.8) is 0 Å². The number of aliphatic hydroxyl groups excluding tert-OH is 1. The van der Waals surface area contributed by atoms with Gasteiger partial charge in [0, 0.05) is 12.5 Å². The number of carbonyl (C=O) groups is 1. The molecular formula is C12H22N2O2. The molecule has 2 aliphatic rings. The molecule has 0 aromatic rings. The quantitative estimate of drug-likeness (QED) is 0.609. The summed E-state index contributed by atoms with van der Waals surface area (Å²) in [5.41, 5.74) is 0. The second-order valence-electron chi connectivity index (χ2n) is 5.14. The Morgan fingerprint density at radius 3 is 2.62 bits per heavy atom. The fourth-order valence-electron chi connectivity index (χ4n) is 2.27. The van der Waals surface area contributed by atoms with E-state index >= 15 is 0 Å². The lowest BCUT2D eigenvalue weighted by atomic mass is 10.1. The van der Waals surface area contributed by atoms with Crippen molar-refractivity contribution in [2.24, 2.45) is 11.8 Å². The third-order valence-corrected chi connectivity index (χ3v) is 3.60. The molecule has 2 atom stereocenters. The average Bonchev–Trinajstić information content (AvgIpc) is 2.99. The summed E-state index contributed by atoms with van der Waals surface area (Å²) in [6, 6.07) is 0. The number of aliphatic hydroxyl groups is 1. The molecule has 0 bridgehead atoms. The fourth-order valence-corrected chi connectivity index (χ4v) is 2.27.